The number of pyridine rings is 1. The lowest BCUT2D eigenvalue weighted by molar-refractivity contribution is 0.102. The molecule has 0 aliphatic rings. The monoisotopic (exact) mass is 297 g/mol. The zero-order valence-electron chi connectivity index (χ0n) is 13.6. The van der Waals surface area contributed by atoms with Gasteiger partial charge in [0.2, 0.25) is 0 Å². The average molecular weight is 297 g/mol. The zero-order chi connectivity index (χ0) is 16.1. The number of rotatable bonds is 5. The van der Waals surface area contributed by atoms with Gasteiger partial charge in [-0.15, -0.1) is 0 Å². The van der Waals surface area contributed by atoms with E-state index < -0.39 is 0 Å². The van der Waals surface area contributed by atoms with Crippen molar-refractivity contribution in [1.29, 1.82) is 0 Å². The highest BCUT2D eigenvalue weighted by Crippen LogP contribution is 2.17. The van der Waals surface area contributed by atoms with Gasteiger partial charge in [0.1, 0.15) is 5.69 Å². The van der Waals surface area contributed by atoms with Crippen LogP contribution in [0.1, 0.15) is 49.7 Å². The Morgan fingerprint density at radius 3 is 2.09 bits per heavy atom. The minimum atomic E-state index is -0.201. The van der Waals surface area contributed by atoms with E-state index in [9.17, 15) is 4.79 Å². The third-order valence-electron chi connectivity index (χ3n) is 3.29. The highest BCUT2D eigenvalue weighted by Gasteiger charge is 2.08. The van der Waals surface area contributed by atoms with Crippen molar-refractivity contribution in [3.05, 3.63) is 53.9 Å². The predicted molar refractivity (Wildman–Crippen MR) is 91.5 cm³/mol. The molecular formula is C18H23N3O. The summed E-state index contributed by atoms with van der Waals surface area (Å²) < 4.78 is 0. The van der Waals surface area contributed by atoms with Crippen LogP contribution in [0.4, 0.5) is 11.4 Å². The van der Waals surface area contributed by atoms with Gasteiger partial charge in [-0.2, -0.15) is 0 Å². The van der Waals surface area contributed by atoms with Crippen LogP contribution in [0.25, 0.3) is 0 Å². The minimum absolute atomic E-state index is 0.201. The molecule has 0 aliphatic heterocycles. The Balaban J connectivity index is 2.02. The molecule has 0 spiro atoms. The quantitative estimate of drug-likeness (QED) is 0.866. The summed E-state index contributed by atoms with van der Waals surface area (Å²) in [5.41, 5.74) is 3.34. The van der Waals surface area contributed by atoms with E-state index in [0.717, 1.165) is 11.4 Å². The van der Waals surface area contributed by atoms with Crippen molar-refractivity contribution in [2.45, 2.75) is 39.7 Å². The maximum absolute atomic E-state index is 12.2. The standard InChI is InChI=1S/C18H23N3O/c1-12(2)14-5-7-15(8-6-14)21-18(22)17-10-9-16(11-19-17)20-13(3)4/h5-13,20H,1-4H3,(H,21,22). The topological polar surface area (TPSA) is 54.0 Å². The molecule has 116 valence electrons. The highest BCUT2D eigenvalue weighted by molar-refractivity contribution is 6.02. The molecule has 4 nitrogen and oxygen atoms in total. The van der Waals surface area contributed by atoms with E-state index in [4.69, 9.17) is 0 Å². The molecule has 0 atom stereocenters. The lowest BCUT2D eigenvalue weighted by Crippen LogP contribution is -2.14. The Morgan fingerprint density at radius 1 is 0.955 bits per heavy atom. The molecule has 1 aromatic heterocycles. The molecule has 2 rings (SSSR count). The summed E-state index contributed by atoms with van der Waals surface area (Å²) in [7, 11) is 0. The summed E-state index contributed by atoms with van der Waals surface area (Å²) >= 11 is 0. The first-order chi connectivity index (χ1) is 10.5. The molecule has 0 aliphatic carbocycles. The fourth-order valence-corrected chi connectivity index (χ4v) is 2.09. The van der Waals surface area contributed by atoms with Crippen LogP contribution in [0.5, 0.6) is 0 Å². The van der Waals surface area contributed by atoms with E-state index in [2.05, 4.69) is 43.3 Å². The molecule has 0 saturated carbocycles. The molecule has 0 saturated heterocycles. The van der Waals surface area contributed by atoms with Crippen LogP contribution in [0, 0.1) is 0 Å². The van der Waals surface area contributed by atoms with Crippen molar-refractivity contribution in [2.24, 2.45) is 0 Å². The molecular weight excluding hydrogens is 274 g/mol. The molecule has 1 aromatic carbocycles. The predicted octanol–water partition coefficient (Wildman–Crippen LogP) is 4.28. The lowest BCUT2D eigenvalue weighted by atomic mass is 10.0. The Morgan fingerprint density at radius 2 is 1.59 bits per heavy atom. The summed E-state index contributed by atoms with van der Waals surface area (Å²) in [4.78, 5) is 16.4. The summed E-state index contributed by atoms with van der Waals surface area (Å²) in [5.74, 6) is 0.279. The Labute approximate surface area is 132 Å². The summed E-state index contributed by atoms with van der Waals surface area (Å²) in [6.45, 7) is 8.40. The van der Waals surface area contributed by atoms with Crippen LogP contribution < -0.4 is 10.6 Å². The molecule has 0 fully saturated rings. The largest absolute Gasteiger partial charge is 0.382 e. The first-order valence-corrected chi connectivity index (χ1v) is 7.59. The highest BCUT2D eigenvalue weighted by atomic mass is 16.1. The van der Waals surface area contributed by atoms with Crippen LogP contribution >= 0.6 is 0 Å². The number of nitrogens with one attached hydrogen (secondary N) is 2. The van der Waals surface area contributed by atoms with Gasteiger partial charge < -0.3 is 10.6 Å². The fourth-order valence-electron chi connectivity index (χ4n) is 2.09. The number of anilines is 2. The Hall–Kier alpha value is -2.36. The molecule has 2 N–H and O–H groups in total. The normalized spacial score (nSPS) is 10.8. The van der Waals surface area contributed by atoms with Gasteiger partial charge in [-0.25, -0.2) is 4.98 Å². The van der Waals surface area contributed by atoms with Crippen molar-refractivity contribution < 1.29 is 4.79 Å². The van der Waals surface area contributed by atoms with E-state index in [1.54, 1.807) is 12.3 Å². The molecule has 0 radical (unpaired) electrons. The molecule has 1 heterocycles. The lowest BCUT2D eigenvalue weighted by Gasteiger charge is -2.10. The van der Waals surface area contributed by atoms with Gasteiger partial charge >= 0.3 is 0 Å². The maximum Gasteiger partial charge on any atom is 0.274 e. The van der Waals surface area contributed by atoms with E-state index in [1.165, 1.54) is 5.56 Å². The second-order valence-corrected chi connectivity index (χ2v) is 5.96. The minimum Gasteiger partial charge on any atom is -0.382 e. The van der Waals surface area contributed by atoms with Crippen molar-refractivity contribution in [2.75, 3.05) is 10.6 Å². The molecule has 2 aromatic rings. The number of hydrogen-bond donors (Lipinski definition) is 2. The van der Waals surface area contributed by atoms with Crippen LogP contribution in [0.3, 0.4) is 0 Å². The van der Waals surface area contributed by atoms with Crippen LogP contribution in [-0.4, -0.2) is 16.9 Å². The van der Waals surface area contributed by atoms with Gasteiger partial charge in [0, 0.05) is 11.7 Å². The summed E-state index contributed by atoms with van der Waals surface area (Å²) in [5, 5.41) is 6.11. The fraction of sp³-hybridized carbons (Fsp3) is 0.333. The Kier molecular flexibility index (Phi) is 5.15. The molecule has 22 heavy (non-hydrogen) atoms. The van der Waals surface area contributed by atoms with Gasteiger partial charge in [-0.05, 0) is 49.6 Å². The second kappa shape index (κ2) is 7.07. The third kappa shape index (κ3) is 4.32. The molecule has 0 bridgehead atoms. The second-order valence-electron chi connectivity index (χ2n) is 5.96. The number of amides is 1. The zero-order valence-corrected chi connectivity index (χ0v) is 13.6. The molecule has 1 amide bonds. The summed E-state index contributed by atoms with van der Waals surface area (Å²) in [6, 6.07) is 11.8. The molecule has 4 heteroatoms. The van der Waals surface area contributed by atoms with Gasteiger partial charge in [-0.3, -0.25) is 4.79 Å². The third-order valence-corrected chi connectivity index (χ3v) is 3.29. The number of aromatic nitrogens is 1. The number of benzene rings is 1. The van der Waals surface area contributed by atoms with E-state index in [-0.39, 0.29) is 5.91 Å². The van der Waals surface area contributed by atoms with Crippen molar-refractivity contribution in [3.63, 3.8) is 0 Å². The van der Waals surface area contributed by atoms with E-state index in [0.29, 0.717) is 17.7 Å². The number of carbonyl (C=O) groups is 1. The van der Waals surface area contributed by atoms with Crippen molar-refractivity contribution in [1.82, 2.24) is 4.98 Å². The first kappa shape index (κ1) is 16.0. The number of nitrogens with zero attached hydrogens (tertiary/aromatic N) is 1. The first-order valence-electron chi connectivity index (χ1n) is 7.59. The van der Waals surface area contributed by atoms with Gasteiger partial charge in [0.25, 0.3) is 5.91 Å². The SMILES string of the molecule is CC(C)Nc1ccc(C(=O)Nc2ccc(C(C)C)cc2)nc1. The van der Waals surface area contributed by atoms with Crippen LogP contribution in [0.2, 0.25) is 0 Å². The van der Waals surface area contributed by atoms with Gasteiger partial charge in [-0.1, -0.05) is 26.0 Å². The van der Waals surface area contributed by atoms with Crippen molar-refractivity contribution in [3.8, 4) is 0 Å². The average Bonchev–Trinajstić information content (AvgIpc) is 2.48. The Bertz CT molecular complexity index is 616. The summed E-state index contributed by atoms with van der Waals surface area (Å²) in [6.07, 6.45) is 1.68. The molecule has 0 unspecified atom stereocenters. The van der Waals surface area contributed by atoms with Crippen LogP contribution in [-0.2, 0) is 0 Å². The smallest absolute Gasteiger partial charge is 0.274 e. The number of hydrogen-bond acceptors (Lipinski definition) is 3. The van der Waals surface area contributed by atoms with Gasteiger partial charge in [0.15, 0.2) is 0 Å². The van der Waals surface area contributed by atoms with Crippen molar-refractivity contribution >= 4 is 17.3 Å². The van der Waals surface area contributed by atoms with E-state index in [1.807, 2.05) is 30.3 Å². The van der Waals surface area contributed by atoms with Crippen LogP contribution in [0.15, 0.2) is 42.6 Å². The van der Waals surface area contributed by atoms with E-state index >= 15 is 0 Å². The number of carbonyl (C=O) groups excluding carboxylic acids is 1. The maximum atomic E-state index is 12.2. The van der Waals surface area contributed by atoms with Gasteiger partial charge in [0.05, 0.1) is 11.9 Å².